The minimum atomic E-state index is -0.383. The lowest BCUT2D eigenvalue weighted by molar-refractivity contribution is -0.244. The van der Waals surface area contributed by atoms with E-state index >= 15 is 0 Å². The van der Waals surface area contributed by atoms with Crippen LogP contribution in [0.5, 0.6) is 0 Å². The van der Waals surface area contributed by atoms with Gasteiger partial charge >= 0.3 is 0 Å². The van der Waals surface area contributed by atoms with Crippen LogP contribution in [0, 0.1) is 39.4 Å². The third kappa shape index (κ3) is 2.04. The van der Waals surface area contributed by atoms with Crippen molar-refractivity contribution in [2.45, 2.75) is 97.9 Å². The Kier molecular flexibility index (Phi) is 3.82. The molecular formula is C22H38O3. The van der Waals surface area contributed by atoms with Gasteiger partial charge in [-0.2, -0.15) is 0 Å². The molecule has 0 spiro atoms. The molecule has 0 aromatic heterocycles. The Morgan fingerprint density at radius 3 is 2.00 bits per heavy atom. The summed E-state index contributed by atoms with van der Waals surface area (Å²) in [4.78, 5) is 0. The summed E-state index contributed by atoms with van der Waals surface area (Å²) in [6.45, 7) is 11.8. The molecule has 0 heterocycles. The highest BCUT2D eigenvalue weighted by molar-refractivity contribution is 5.18. The Balaban J connectivity index is 1.78. The molecular weight excluding hydrogens is 312 g/mol. The lowest BCUT2D eigenvalue weighted by atomic mass is 9.35. The van der Waals surface area contributed by atoms with Crippen LogP contribution in [0.15, 0.2) is 0 Å². The van der Waals surface area contributed by atoms with E-state index in [2.05, 4.69) is 34.6 Å². The first-order valence-electron chi connectivity index (χ1n) is 10.5. The largest absolute Gasteiger partial charge is 0.393 e. The fourth-order valence-electron chi connectivity index (χ4n) is 8.71. The molecule has 0 aromatic carbocycles. The summed E-state index contributed by atoms with van der Waals surface area (Å²) in [6.07, 6.45) is 6.05. The Labute approximate surface area is 153 Å². The maximum atomic E-state index is 11.0. The van der Waals surface area contributed by atoms with Crippen molar-refractivity contribution in [1.82, 2.24) is 0 Å². The highest BCUT2D eigenvalue weighted by Crippen LogP contribution is 2.74. The summed E-state index contributed by atoms with van der Waals surface area (Å²) in [6, 6.07) is 0. The quantitative estimate of drug-likeness (QED) is 0.623. The first kappa shape index (κ1) is 18.3. The van der Waals surface area contributed by atoms with Gasteiger partial charge < -0.3 is 15.3 Å². The lowest BCUT2D eigenvalue weighted by Crippen LogP contribution is -2.66. The third-order valence-corrected chi connectivity index (χ3v) is 10.3. The molecule has 0 aliphatic heterocycles. The molecule has 0 radical (unpaired) electrons. The zero-order valence-corrected chi connectivity index (χ0v) is 16.8. The molecule has 3 N–H and O–H groups in total. The standard InChI is InChI=1S/C22H38O3/c1-19(2)15-7-11-21(4)16(20(15,3)9-8-17(19)25)12-14(24)18-13(23)6-10-22(18,21)5/h13-18,23-25H,6-12H2,1-5H3/t13-,14-,15+,16-,17+,18+,20+,21-,22-/m1/s1. The Morgan fingerprint density at radius 1 is 0.680 bits per heavy atom. The van der Waals surface area contributed by atoms with E-state index in [1.54, 1.807) is 0 Å². The fraction of sp³-hybridized carbons (Fsp3) is 1.00. The van der Waals surface area contributed by atoms with Crippen LogP contribution in [0.1, 0.15) is 79.6 Å². The predicted molar refractivity (Wildman–Crippen MR) is 98.9 cm³/mol. The van der Waals surface area contributed by atoms with Crippen LogP contribution in [0.2, 0.25) is 0 Å². The van der Waals surface area contributed by atoms with Crippen LogP contribution in [-0.2, 0) is 0 Å². The summed E-state index contributed by atoms with van der Waals surface area (Å²) in [5.74, 6) is 1.03. The molecule has 4 aliphatic rings. The van der Waals surface area contributed by atoms with E-state index in [0.717, 1.165) is 32.1 Å². The van der Waals surface area contributed by atoms with Gasteiger partial charge in [0.15, 0.2) is 0 Å². The molecule has 4 fully saturated rings. The minimum Gasteiger partial charge on any atom is -0.393 e. The lowest BCUT2D eigenvalue weighted by Gasteiger charge is -2.70. The molecule has 0 unspecified atom stereocenters. The monoisotopic (exact) mass is 350 g/mol. The number of fused-ring (bicyclic) bond motifs is 5. The molecule has 4 aliphatic carbocycles. The maximum absolute atomic E-state index is 11.0. The summed E-state index contributed by atoms with van der Waals surface area (Å²) >= 11 is 0. The van der Waals surface area contributed by atoms with E-state index in [4.69, 9.17) is 0 Å². The van der Waals surface area contributed by atoms with E-state index in [0.29, 0.717) is 11.8 Å². The van der Waals surface area contributed by atoms with Crippen molar-refractivity contribution in [3.8, 4) is 0 Å². The number of aliphatic hydroxyl groups is 3. The summed E-state index contributed by atoms with van der Waals surface area (Å²) in [5.41, 5.74) is 0.339. The molecule has 3 nitrogen and oxygen atoms in total. The summed E-state index contributed by atoms with van der Waals surface area (Å²) in [5, 5.41) is 32.3. The van der Waals surface area contributed by atoms with Gasteiger partial charge in [-0.15, -0.1) is 0 Å². The summed E-state index contributed by atoms with van der Waals surface area (Å²) in [7, 11) is 0. The Hall–Kier alpha value is -0.120. The molecule has 4 rings (SSSR count). The van der Waals surface area contributed by atoms with Crippen LogP contribution in [0.4, 0.5) is 0 Å². The molecule has 4 saturated carbocycles. The molecule has 25 heavy (non-hydrogen) atoms. The second-order valence-electron chi connectivity index (χ2n) is 11.3. The van der Waals surface area contributed by atoms with Crippen molar-refractivity contribution >= 4 is 0 Å². The summed E-state index contributed by atoms with van der Waals surface area (Å²) < 4.78 is 0. The van der Waals surface area contributed by atoms with Gasteiger partial charge in [-0.25, -0.2) is 0 Å². The Bertz CT molecular complexity index is 559. The number of hydrogen-bond acceptors (Lipinski definition) is 3. The molecule has 0 amide bonds. The zero-order chi connectivity index (χ0) is 18.4. The van der Waals surface area contributed by atoms with Crippen molar-refractivity contribution in [3.05, 3.63) is 0 Å². The van der Waals surface area contributed by atoms with Crippen LogP contribution in [0.3, 0.4) is 0 Å². The van der Waals surface area contributed by atoms with Crippen LogP contribution < -0.4 is 0 Å². The van der Waals surface area contributed by atoms with Crippen molar-refractivity contribution in [3.63, 3.8) is 0 Å². The average molecular weight is 351 g/mol. The minimum absolute atomic E-state index is 0.0307. The van der Waals surface area contributed by atoms with Gasteiger partial charge in [0.2, 0.25) is 0 Å². The predicted octanol–water partition coefficient (Wildman–Crippen LogP) is 3.75. The third-order valence-electron chi connectivity index (χ3n) is 10.3. The zero-order valence-electron chi connectivity index (χ0n) is 16.8. The normalized spacial score (nSPS) is 60.5. The van der Waals surface area contributed by atoms with Gasteiger partial charge in [0.1, 0.15) is 0 Å². The smallest absolute Gasteiger partial charge is 0.0601 e. The first-order valence-corrected chi connectivity index (χ1v) is 10.5. The van der Waals surface area contributed by atoms with Gasteiger partial charge in [-0.05, 0) is 78.4 Å². The highest BCUT2D eigenvalue weighted by atomic mass is 16.3. The second kappa shape index (κ2) is 5.23. The van der Waals surface area contributed by atoms with E-state index in [-0.39, 0.29) is 45.9 Å². The molecule has 0 saturated heterocycles. The van der Waals surface area contributed by atoms with E-state index in [9.17, 15) is 15.3 Å². The van der Waals surface area contributed by atoms with Crippen LogP contribution >= 0.6 is 0 Å². The van der Waals surface area contributed by atoms with Crippen molar-refractivity contribution in [2.24, 2.45) is 39.4 Å². The van der Waals surface area contributed by atoms with Gasteiger partial charge in [-0.3, -0.25) is 0 Å². The van der Waals surface area contributed by atoms with Crippen molar-refractivity contribution in [2.75, 3.05) is 0 Å². The molecule has 0 aromatic rings. The van der Waals surface area contributed by atoms with Crippen LogP contribution in [0.25, 0.3) is 0 Å². The maximum Gasteiger partial charge on any atom is 0.0601 e. The van der Waals surface area contributed by atoms with E-state index in [1.807, 2.05) is 0 Å². The topological polar surface area (TPSA) is 60.7 Å². The van der Waals surface area contributed by atoms with E-state index < -0.39 is 0 Å². The fourth-order valence-corrected chi connectivity index (χ4v) is 8.71. The highest BCUT2D eigenvalue weighted by Gasteiger charge is 2.70. The average Bonchev–Trinajstić information content (AvgIpc) is 2.84. The second-order valence-corrected chi connectivity index (χ2v) is 11.3. The van der Waals surface area contributed by atoms with Gasteiger partial charge in [0, 0.05) is 5.92 Å². The van der Waals surface area contributed by atoms with Crippen LogP contribution in [-0.4, -0.2) is 33.6 Å². The molecule has 3 heteroatoms. The Morgan fingerprint density at radius 2 is 1.32 bits per heavy atom. The molecule has 0 bridgehead atoms. The van der Waals surface area contributed by atoms with Gasteiger partial charge in [0.05, 0.1) is 18.3 Å². The van der Waals surface area contributed by atoms with Gasteiger partial charge in [0.25, 0.3) is 0 Å². The van der Waals surface area contributed by atoms with Crippen molar-refractivity contribution in [1.29, 1.82) is 0 Å². The molecule has 144 valence electrons. The SMILES string of the molecule is CC1(C)[C@@H](O)CC[C@]2(C)[C@H]3C[C@@H](O)[C@@H]4[C@H](O)CC[C@@]4(C)[C@]3(C)CC[C@@H]12. The number of rotatable bonds is 0. The van der Waals surface area contributed by atoms with Crippen molar-refractivity contribution < 1.29 is 15.3 Å². The first-order chi connectivity index (χ1) is 11.5. The van der Waals surface area contributed by atoms with E-state index in [1.165, 1.54) is 12.8 Å². The van der Waals surface area contributed by atoms with Gasteiger partial charge in [-0.1, -0.05) is 34.6 Å². The number of hydrogen-bond donors (Lipinski definition) is 3. The number of aliphatic hydroxyl groups excluding tert-OH is 3. The molecule has 9 atom stereocenters.